The maximum absolute atomic E-state index is 10.0. The third kappa shape index (κ3) is 24.9. The van der Waals surface area contributed by atoms with Crippen LogP contribution in [0.1, 0.15) is 0 Å². The summed E-state index contributed by atoms with van der Waals surface area (Å²) >= 11 is 0. The van der Waals surface area contributed by atoms with Crippen LogP contribution in [0, 0.1) is 0 Å². The molecule has 0 amide bonds. The molecule has 0 aliphatic rings. The molecule has 0 aromatic rings. The summed E-state index contributed by atoms with van der Waals surface area (Å²) in [6, 6.07) is 0. The van der Waals surface area contributed by atoms with E-state index in [1.165, 1.54) is 0 Å². The van der Waals surface area contributed by atoms with Crippen LogP contribution in [-0.4, -0.2) is 32.7 Å². The average Bonchev–Trinajstić information content (AvgIpc) is 2.54. The summed E-state index contributed by atoms with van der Waals surface area (Å²) < 4.78 is 56.0. The predicted octanol–water partition coefficient (Wildman–Crippen LogP) is -5.52. The van der Waals surface area contributed by atoms with E-state index in [9.17, 15) is 39.3 Å². The second kappa shape index (κ2) is 16.7. The normalized spacial score (nSPS) is 19.2. The number of hydrogen-bond acceptors (Lipinski definition) is 16. The van der Waals surface area contributed by atoms with E-state index in [2.05, 4.69) is 27.3 Å². The molecule has 0 aromatic carbocycles. The molecule has 0 saturated carbocycles. The molecule has 0 bridgehead atoms. The third-order valence-corrected chi connectivity index (χ3v) is 5.01. The SMILES string of the molecule is NCCN.O=P(O)(O[O-])OP(=O)(O)O[O-].O=P(O)(O[O-])OP(=O)(O)O[O-].[Pt+4]. The monoisotopic (exact) mass is 671 g/mol. The van der Waals surface area contributed by atoms with Crippen LogP contribution < -0.4 is 32.5 Å². The van der Waals surface area contributed by atoms with E-state index >= 15 is 0 Å². The predicted molar refractivity (Wildman–Crippen MR) is 63.9 cm³/mol. The molecular formula is C2H12N2O18P4Pt. The average molecular weight is 671 g/mol. The number of nitrogens with two attached hydrogens (primary N) is 2. The van der Waals surface area contributed by atoms with Crippen LogP contribution in [0.25, 0.3) is 0 Å². The molecule has 27 heavy (non-hydrogen) atoms. The standard InChI is InChI=1S/C2H8N2.2H4O9P2.Pt/c3-1-2-4;2*1-7-10(3,4)9-11(5,6)8-2;/h1-4H2;2*1-2H,(H,3,4)(H,5,6);/q;;;+4/p-4. The molecule has 20 nitrogen and oxygen atoms in total. The summed E-state index contributed by atoms with van der Waals surface area (Å²) in [7, 11) is -20.8. The second-order valence-electron chi connectivity index (χ2n) is 2.91. The second-order valence-corrected chi connectivity index (χ2v) is 8.56. The molecule has 4 atom stereocenters. The molecule has 0 fully saturated rings. The zero-order valence-corrected chi connectivity index (χ0v) is 18.0. The van der Waals surface area contributed by atoms with Crippen molar-refractivity contribution in [1.82, 2.24) is 0 Å². The van der Waals surface area contributed by atoms with Crippen molar-refractivity contribution in [2.24, 2.45) is 11.5 Å². The van der Waals surface area contributed by atoms with Gasteiger partial charge in [0.05, 0.1) is 0 Å². The summed E-state index contributed by atoms with van der Waals surface area (Å²) in [5.74, 6) is 0. The van der Waals surface area contributed by atoms with Crippen molar-refractivity contribution in [2.45, 2.75) is 0 Å². The fraction of sp³-hybridized carbons (Fsp3) is 1.00. The van der Waals surface area contributed by atoms with Gasteiger partial charge in [-0.3, -0.25) is 0 Å². The van der Waals surface area contributed by atoms with E-state index in [-0.39, 0.29) is 21.1 Å². The van der Waals surface area contributed by atoms with Crippen molar-refractivity contribution in [2.75, 3.05) is 13.1 Å². The van der Waals surface area contributed by atoms with Crippen molar-refractivity contribution in [3.05, 3.63) is 0 Å². The first-order chi connectivity index (χ1) is 11.6. The Balaban J connectivity index is -0.000000159. The van der Waals surface area contributed by atoms with Gasteiger partial charge in [-0.15, -0.1) is 0 Å². The van der Waals surface area contributed by atoms with Crippen molar-refractivity contribution < 1.29 is 107 Å². The van der Waals surface area contributed by atoms with Crippen LogP contribution in [0.4, 0.5) is 0 Å². The first-order valence-electron chi connectivity index (χ1n) is 4.97. The van der Waals surface area contributed by atoms with Crippen LogP contribution in [0.2, 0.25) is 0 Å². The minimum absolute atomic E-state index is 0. The van der Waals surface area contributed by atoms with E-state index in [1.54, 1.807) is 0 Å². The van der Waals surface area contributed by atoms with Crippen molar-refractivity contribution in [3.8, 4) is 0 Å². The molecule has 0 rings (SSSR count). The van der Waals surface area contributed by atoms with Crippen LogP contribution in [-0.2, 0) is 66.6 Å². The molecule has 8 N–H and O–H groups in total. The topological polar surface area (TPSA) is 349 Å². The van der Waals surface area contributed by atoms with Gasteiger partial charge in [0.1, 0.15) is 0 Å². The zero-order chi connectivity index (χ0) is 21.7. The molecule has 0 saturated heterocycles. The van der Waals surface area contributed by atoms with Crippen LogP contribution in [0.15, 0.2) is 0 Å². The summed E-state index contributed by atoms with van der Waals surface area (Å²) in [5, 5.41) is 36.9. The first-order valence-corrected chi connectivity index (χ1v) is 11.0. The Morgan fingerprint density at radius 3 is 0.815 bits per heavy atom. The van der Waals surface area contributed by atoms with Gasteiger partial charge in [0.2, 0.25) is 0 Å². The Morgan fingerprint density at radius 2 is 0.741 bits per heavy atom. The van der Waals surface area contributed by atoms with Gasteiger partial charge in [0.15, 0.2) is 0 Å². The van der Waals surface area contributed by atoms with E-state index in [4.69, 9.17) is 31.0 Å². The van der Waals surface area contributed by atoms with E-state index < -0.39 is 31.3 Å². The molecule has 0 heterocycles. The quantitative estimate of drug-likeness (QED) is 0.0756. The van der Waals surface area contributed by atoms with E-state index in [1.807, 2.05) is 0 Å². The van der Waals surface area contributed by atoms with Gasteiger partial charge < -0.3 is 70.8 Å². The van der Waals surface area contributed by atoms with E-state index in [0.29, 0.717) is 13.1 Å². The van der Waals surface area contributed by atoms with Crippen LogP contribution >= 0.6 is 31.3 Å². The Bertz CT molecular complexity index is 461. The van der Waals surface area contributed by atoms with Gasteiger partial charge in [-0.05, 0) is 0 Å². The Hall–Kier alpha value is 0.968. The van der Waals surface area contributed by atoms with Gasteiger partial charge in [-0.25, -0.2) is 18.3 Å². The summed E-state index contributed by atoms with van der Waals surface area (Å²) in [5.41, 5.74) is 9.81. The van der Waals surface area contributed by atoms with Crippen molar-refractivity contribution in [3.63, 3.8) is 0 Å². The summed E-state index contributed by atoms with van der Waals surface area (Å²) in [4.78, 5) is 32.1. The molecule has 0 spiro atoms. The smallest absolute Gasteiger partial charge is 0.714 e. The Kier molecular flexibility index (Phi) is 21.9. The number of hydrogen-bond donors (Lipinski definition) is 6. The van der Waals surface area contributed by atoms with Crippen molar-refractivity contribution in [1.29, 1.82) is 0 Å². The molecular weight excluding hydrogens is 659 g/mol. The maximum Gasteiger partial charge on any atom is 4.00 e. The van der Waals surface area contributed by atoms with Gasteiger partial charge in [0.25, 0.3) is 0 Å². The van der Waals surface area contributed by atoms with E-state index in [0.717, 1.165) is 0 Å². The largest absolute Gasteiger partial charge is 4.00 e. The third-order valence-electron chi connectivity index (χ3n) is 0.956. The Labute approximate surface area is 163 Å². The fourth-order valence-electron chi connectivity index (χ4n) is 0.315. The fourth-order valence-corrected chi connectivity index (χ4v) is 2.84. The van der Waals surface area contributed by atoms with Gasteiger partial charge in [0, 0.05) is 13.1 Å². The molecule has 168 valence electrons. The molecule has 0 aliphatic heterocycles. The Morgan fingerprint density at radius 1 is 0.593 bits per heavy atom. The molecule has 0 aromatic heterocycles. The first kappa shape index (κ1) is 35.4. The number of rotatable bonds is 9. The maximum atomic E-state index is 10.0. The van der Waals surface area contributed by atoms with Crippen LogP contribution in [0.5, 0.6) is 0 Å². The molecule has 0 radical (unpaired) electrons. The summed E-state index contributed by atoms with van der Waals surface area (Å²) in [6.45, 7) is 1.19. The molecule has 0 aliphatic carbocycles. The van der Waals surface area contributed by atoms with Crippen LogP contribution in [0.3, 0.4) is 0 Å². The zero-order valence-electron chi connectivity index (χ0n) is 12.2. The number of phosphoric acid groups is 4. The molecule has 25 heteroatoms. The minimum atomic E-state index is -5.21. The van der Waals surface area contributed by atoms with Crippen molar-refractivity contribution >= 4 is 31.3 Å². The van der Waals surface area contributed by atoms with Gasteiger partial charge in [-0.2, -0.15) is 8.62 Å². The van der Waals surface area contributed by atoms with Gasteiger partial charge >= 0.3 is 52.4 Å². The molecule has 4 unspecified atom stereocenters. The van der Waals surface area contributed by atoms with Gasteiger partial charge in [-0.1, -0.05) is 0 Å². The minimum Gasteiger partial charge on any atom is -0.714 e. The summed E-state index contributed by atoms with van der Waals surface area (Å²) in [6.07, 6.45) is 0.